The molecule has 7 nitrogen and oxygen atoms in total. The summed E-state index contributed by atoms with van der Waals surface area (Å²) < 4.78 is 33.4. The first-order valence-electron chi connectivity index (χ1n) is 5.88. The summed E-state index contributed by atoms with van der Waals surface area (Å²) in [7, 11) is -2.23. The van der Waals surface area contributed by atoms with E-state index in [-0.39, 0.29) is 17.3 Å². The molecule has 0 saturated carbocycles. The van der Waals surface area contributed by atoms with Crippen molar-refractivity contribution in [2.45, 2.75) is 24.9 Å². The second-order valence-electron chi connectivity index (χ2n) is 4.20. The Labute approximate surface area is 125 Å². The lowest BCUT2D eigenvalue weighted by molar-refractivity contribution is 0.398. The standard InChI is InChI=1S/C11H15BrN4O3S/c1-3-16-7-9(11(13)14-16)20(17,18)15(2)6-8-4-5-10(12)19-8/h4-5,7H,3,6H2,1-2H3,(H2,13,14). The Bertz CT molecular complexity index is 707. The van der Waals surface area contributed by atoms with E-state index >= 15 is 0 Å². The normalized spacial score (nSPS) is 12.2. The second kappa shape index (κ2) is 5.58. The predicted octanol–water partition coefficient (Wildman–Crippen LogP) is 1.66. The molecule has 0 saturated heterocycles. The maximum Gasteiger partial charge on any atom is 0.248 e. The molecule has 0 aliphatic rings. The maximum absolute atomic E-state index is 12.4. The molecule has 0 fully saturated rings. The van der Waals surface area contributed by atoms with E-state index in [1.165, 1.54) is 22.2 Å². The van der Waals surface area contributed by atoms with Crippen molar-refractivity contribution >= 4 is 31.8 Å². The van der Waals surface area contributed by atoms with Gasteiger partial charge >= 0.3 is 0 Å². The number of hydrogen-bond acceptors (Lipinski definition) is 5. The zero-order chi connectivity index (χ0) is 14.9. The molecule has 20 heavy (non-hydrogen) atoms. The van der Waals surface area contributed by atoms with Gasteiger partial charge in [0.25, 0.3) is 0 Å². The lowest BCUT2D eigenvalue weighted by Crippen LogP contribution is -2.26. The number of rotatable bonds is 5. The molecule has 0 aliphatic heterocycles. The van der Waals surface area contributed by atoms with Crippen LogP contribution >= 0.6 is 15.9 Å². The van der Waals surface area contributed by atoms with E-state index in [1.54, 1.807) is 12.1 Å². The summed E-state index contributed by atoms with van der Waals surface area (Å²) >= 11 is 3.17. The highest BCUT2D eigenvalue weighted by molar-refractivity contribution is 9.10. The zero-order valence-electron chi connectivity index (χ0n) is 11.1. The number of halogens is 1. The van der Waals surface area contributed by atoms with Gasteiger partial charge < -0.3 is 10.2 Å². The van der Waals surface area contributed by atoms with Gasteiger partial charge in [0, 0.05) is 19.8 Å². The Kier molecular flexibility index (Phi) is 4.21. The smallest absolute Gasteiger partial charge is 0.248 e. The van der Waals surface area contributed by atoms with E-state index in [0.29, 0.717) is 17.0 Å². The van der Waals surface area contributed by atoms with Crippen LogP contribution in [-0.2, 0) is 23.1 Å². The minimum atomic E-state index is -3.70. The molecule has 2 rings (SSSR count). The average Bonchev–Trinajstić information content (AvgIpc) is 2.95. The van der Waals surface area contributed by atoms with Crippen molar-refractivity contribution in [3.8, 4) is 0 Å². The van der Waals surface area contributed by atoms with Crippen LogP contribution in [0.5, 0.6) is 0 Å². The van der Waals surface area contributed by atoms with Crippen molar-refractivity contribution in [1.82, 2.24) is 14.1 Å². The van der Waals surface area contributed by atoms with Crippen LogP contribution in [0.25, 0.3) is 0 Å². The quantitative estimate of drug-likeness (QED) is 0.872. The van der Waals surface area contributed by atoms with Crippen molar-refractivity contribution in [3.05, 3.63) is 28.8 Å². The first-order valence-corrected chi connectivity index (χ1v) is 8.11. The number of hydrogen-bond donors (Lipinski definition) is 1. The molecule has 2 heterocycles. The Morgan fingerprint density at radius 3 is 2.70 bits per heavy atom. The maximum atomic E-state index is 12.4. The van der Waals surface area contributed by atoms with Crippen LogP contribution < -0.4 is 5.73 Å². The average molecular weight is 363 g/mol. The Hall–Kier alpha value is -1.32. The van der Waals surface area contributed by atoms with Crippen molar-refractivity contribution in [1.29, 1.82) is 0 Å². The molecule has 9 heteroatoms. The molecule has 2 aromatic heterocycles. The first kappa shape index (κ1) is 15.1. The summed E-state index contributed by atoms with van der Waals surface area (Å²) in [5, 5.41) is 3.95. The fourth-order valence-electron chi connectivity index (χ4n) is 1.69. The number of nitrogens with two attached hydrogens (primary N) is 1. The van der Waals surface area contributed by atoms with Crippen LogP contribution in [0, 0.1) is 0 Å². The van der Waals surface area contributed by atoms with Crippen LogP contribution in [0.15, 0.2) is 32.3 Å². The van der Waals surface area contributed by atoms with Gasteiger partial charge in [0.1, 0.15) is 10.7 Å². The number of anilines is 1. The summed E-state index contributed by atoms with van der Waals surface area (Å²) in [4.78, 5) is 0.00692. The first-order chi connectivity index (χ1) is 9.34. The highest BCUT2D eigenvalue weighted by Gasteiger charge is 2.26. The van der Waals surface area contributed by atoms with Gasteiger partial charge in [0.2, 0.25) is 10.0 Å². The monoisotopic (exact) mass is 362 g/mol. The summed E-state index contributed by atoms with van der Waals surface area (Å²) in [5.41, 5.74) is 5.67. The van der Waals surface area contributed by atoms with Crippen molar-refractivity contribution in [2.24, 2.45) is 0 Å². The number of sulfonamides is 1. The lowest BCUT2D eigenvalue weighted by Gasteiger charge is -2.14. The van der Waals surface area contributed by atoms with E-state index in [0.717, 1.165) is 0 Å². The minimum Gasteiger partial charge on any atom is -0.453 e. The third-order valence-corrected chi connectivity index (χ3v) is 5.02. The molecular formula is C11H15BrN4O3S. The third-order valence-electron chi connectivity index (χ3n) is 2.77. The minimum absolute atomic E-state index is 0.000625. The van der Waals surface area contributed by atoms with E-state index < -0.39 is 10.0 Å². The number of furan rings is 1. The summed E-state index contributed by atoms with van der Waals surface area (Å²) in [6, 6.07) is 3.41. The fourth-order valence-corrected chi connectivity index (χ4v) is 3.22. The Balaban J connectivity index is 2.26. The number of aromatic nitrogens is 2. The van der Waals surface area contributed by atoms with Crippen molar-refractivity contribution in [3.63, 3.8) is 0 Å². The van der Waals surface area contributed by atoms with Crippen LogP contribution in [0.2, 0.25) is 0 Å². The molecule has 2 N–H and O–H groups in total. The molecule has 0 amide bonds. The van der Waals surface area contributed by atoms with Crippen LogP contribution in [0.1, 0.15) is 12.7 Å². The van der Waals surface area contributed by atoms with E-state index in [2.05, 4.69) is 21.0 Å². The van der Waals surface area contributed by atoms with Crippen LogP contribution in [0.4, 0.5) is 5.82 Å². The summed E-state index contributed by atoms with van der Waals surface area (Å²) in [6.07, 6.45) is 1.43. The van der Waals surface area contributed by atoms with E-state index in [1.807, 2.05) is 6.92 Å². The Morgan fingerprint density at radius 2 is 2.20 bits per heavy atom. The molecule has 110 valence electrons. The molecule has 0 aliphatic carbocycles. The lowest BCUT2D eigenvalue weighted by atomic mass is 10.4. The highest BCUT2D eigenvalue weighted by atomic mass is 79.9. The molecule has 0 bridgehead atoms. The van der Waals surface area contributed by atoms with Gasteiger partial charge in [-0.05, 0) is 35.0 Å². The van der Waals surface area contributed by atoms with Gasteiger partial charge in [-0.1, -0.05) is 0 Å². The highest BCUT2D eigenvalue weighted by Crippen LogP contribution is 2.23. The molecule has 0 aromatic carbocycles. The fraction of sp³-hybridized carbons (Fsp3) is 0.364. The topological polar surface area (TPSA) is 94.4 Å². The number of nitrogens with zero attached hydrogens (tertiary/aromatic N) is 3. The zero-order valence-corrected chi connectivity index (χ0v) is 13.5. The Morgan fingerprint density at radius 1 is 1.50 bits per heavy atom. The van der Waals surface area contributed by atoms with Crippen LogP contribution in [0.3, 0.4) is 0 Å². The largest absolute Gasteiger partial charge is 0.453 e. The molecule has 0 atom stereocenters. The predicted molar refractivity (Wildman–Crippen MR) is 77.4 cm³/mol. The third kappa shape index (κ3) is 2.89. The second-order valence-corrected chi connectivity index (χ2v) is 7.00. The van der Waals surface area contributed by atoms with Crippen molar-refractivity contribution < 1.29 is 12.8 Å². The van der Waals surface area contributed by atoms with Gasteiger partial charge in [0.15, 0.2) is 10.5 Å². The SMILES string of the molecule is CCn1cc(S(=O)(=O)N(C)Cc2ccc(Br)o2)c(N)n1. The van der Waals surface area contributed by atoms with Gasteiger partial charge in [-0.25, -0.2) is 8.42 Å². The van der Waals surface area contributed by atoms with Crippen LogP contribution in [-0.4, -0.2) is 29.6 Å². The molecule has 0 radical (unpaired) electrons. The molecular weight excluding hydrogens is 348 g/mol. The van der Waals surface area contributed by atoms with Crippen molar-refractivity contribution in [2.75, 3.05) is 12.8 Å². The van der Waals surface area contributed by atoms with Gasteiger partial charge in [-0.15, -0.1) is 0 Å². The summed E-state index contributed by atoms with van der Waals surface area (Å²) in [5.74, 6) is 0.531. The number of nitrogen functional groups attached to an aromatic ring is 1. The molecule has 0 unspecified atom stereocenters. The van der Waals surface area contributed by atoms with Gasteiger partial charge in [0.05, 0.1) is 6.54 Å². The van der Waals surface area contributed by atoms with Gasteiger partial charge in [-0.2, -0.15) is 9.40 Å². The molecule has 2 aromatic rings. The van der Waals surface area contributed by atoms with E-state index in [9.17, 15) is 8.42 Å². The molecule has 0 spiro atoms. The summed E-state index contributed by atoms with van der Waals surface area (Å²) in [6.45, 7) is 2.52. The number of aryl methyl sites for hydroxylation is 1. The van der Waals surface area contributed by atoms with E-state index in [4.69, 9.17) is 10.2 Å². The van der Waals surface area contributed by atoms with Gasteiger partial charge in [-0.3, -0.25) is 4.68 Å².